The van der Waals surface area contributed by atoms with Crippen molar-refractivity contribution in [1.82, 2.24) is 14.5 Å². The summed E-state index contributed by atoms with van der Waals surface area (Å²) in [5.41, 5.74) is 3.61. The number of fused-ring (bicyclic) bond motifs is 2. The highest BCUT2D eigenvalue weighted by molar-refractivity contribution is 7.92. The van der Waals surface area contributed by atoms with E-state index in [1.54, 1.807) is 12.4 Å². The average Bonchev–Trinajstić information content (AvgIpc) is 3.54. The molecule has 204 valence electrons. The van der Waals surface area contributed by atoms with Crippen molar-refractivity contribution in [2.45, 2.75) is 82.8 Å². The summed E-state index contributed by atoms with van der Waals surface area (Å²) < 4.78 is 32.4. The summed E-state index contributed by atoms with van der Waals surface area (Å²) >= 11 is 0. The van der Waals surface area contributed by atoms with Crippen LogP contribution in [0.2, 0.25) is 18.1 Å². The maximum absolute atomic E-state index is 11.7. The van der Waals surface area contributed by atoms with E-state index in [0.717, 1.165) is 47.9 Å². The van der Waals surface area contributed by atoms with Crippen molar-refractivity contribution in [1.29, 1.82) is 0 Å². The van der Waals surface area contributed by atoms with Gasteiger partial charge in [-0.1, -0.05) is 51.1 Å². The number of sulfonamides is 1. The Hall–Kier alpha value is -2.53. The zero-order valence-corrected chi connectivity index (χ0v) is 24.7. The normalized spacial score (nSPS) is 24.4. The lowest BCUT2D eigenvalue weighted by Crippen LogP contribution is -2.44. The Kier molecular flexibility index (Phi) is 7.04. The van der Waals surface area contributed by atoms with Gasteiger partial charge in [-0.3, -0.25) is 0 Å². The first-order valence-electron chi connectivity index (χ1n) is 13.4. The minimum atomic E-state index is -3.71. The van der Waals surface area contributed by atoms with Crippen LogP contribution in [0.1, 0.15) is 63.2 Å². The van der Waals surface area contributed by atoms with E-state index in [1.807, 2.05) is 0 Å². The van der Waals surface area contributed by atoms with Gasteiger partial charge in [0.15, 0.2) is 8.32 Å². The van der Waals surface area contributed by atoms with Crippen molar-refractivity contribution >= 4 is 35.2 Å². The van der Waals surface area contributed by atoms with E-state index in [0.29, 0.717) is 0 Å². The zero-order valence-electron chi connectivity index (χ0n) is 22.9. The Bertz CT molecular complexity index is 1460. The van der Waals surface area contributed by atoms with Crippen LogP contribution in [0.15, 0.2) is 54.3 Å². The molecule has 38 heavy (non-hydrogen) atoms. The van der Waals surface area contributed by atoms with Crippen molar-refractivity contribution in [3.05, 3.63) is 65.5 Å². The van der Waals surface area contributed by atoms with Crippen LogP contribution in [-0.2, 0) is 20.9 Å². The minimum absolute atomic E-state index is 0.0477. The molecule has 4 atom stereocenters. The molecule has 3 aromatic rings. The summed E-state index contributed by atoms with van der Waals surface area (Å²) in [5, 5.41) is 11.1. The molecule has 0 amide bonds. The maximum atomic E-state index is 11.7. The molecule has 0 spiro atoms. The van der Waals surface area contributed by atoms with Gasteiger partial charge in [-0.15, -0.1) is 0 Å². The van der Waals surface area contributed by atoms with Crippen LogP contribution in [0.5, 0.6) is 0 Å². The second-order valence-corrected chi connectivity index (χ2v) is 18.4. The molecule has 5 rings (SSSR count). The number of hydrogen-bond acceptors (Lipinski definition) is 6. The molecular formula is C28H39N5O3SSi. The molecule has 2 aliphatic carbocycles. The highest BCUT2D eigenvalue weighted by Gasteiger charge is 2.44. The fourth-order valence-electron chi connectivity index (χ4n) is 5.59. The third kappa shape index (κ3) is 5.45. The fraction of sp³-hybridized carbons (Fsp3) is 0.500. The van der Waals surface area contributed by atoms with Gasteiger partial charge in [0.1, 0.15) is 17.8 Å². The number of nitrogens with zero attached hydrogens (tertiary/aromatic N) is 3. The van der Waals surface area contributed by atoms with Gasteiger partial charge in [0.2, 0.25) is 10.0 Å². The molecule has 3 N–H and O–H groups in total. The number of hydrogen-bond donors (Lipinski definition) is 2. The standard InChI is InChI=1S/C28H39N5O3SSi/c1-28(2,3)38(4,5)36-25-17-21(16-20(25)13-15-37(29,34)35)33-14-12-23-26(30-18-31-27(23)33)32-24-11-10-19-8-6-7-9-22(19)24/h6-9,12-15,18,20-21,24-25H,10-11,16-17H2,1-5H3,(H2,29,34,35)(H,30,31,32)/t20?,21-,24+,25+/m1/s1. The maximum Gasteiger partial charge on any atom is 0.230 e. The lowest BCUT2D eigenvalue weighted by Gasteiger charge is -2.39. The summed E-state index contributed by atoms with van der Waals surface area (Å²) in [5.74, 6) is 0.785. The number of aromatic nitrogens is 3. The number of nitrogens with two attached hydrogens (primary N) is 1. The Balaban J connectivity index is 1.42. The van der Waals surface area contributed by atoms with E-state index < -0.39 is 18.3 Å². The molecule has 1 saturated carbocycles. The third-order valence-electron chi connectivity index (χ3n) is 8.64. The number of benzene rings is 1. The van der Waals surface area contributed by atoms with Crippen molar-refractivity contribution in [2.24, 2.45) is 11.1 Å². The van der Waals surface area contributed by atoms with Gasteiger partial charge in [-0.25, -0.2) is 23.5 Å². The van der Waals surface area contributed by atoms with E-state index >= 15 is 0 Å². The molecule has 1 fully saturated rings. The molecule has 2 aromatic heterocycles. The third-order valence-corrected chi connectivity index (χ3v) is 13.7. The highest BCUT2D eigenvalue weighted by atomic mass is 32.2. The quantitative estimate of drug-likeness (QED) is 0.364. The van der Waals surface area contributed by atoms with E-state index in [1.165, 1.54) is 11.1 Å². The highest BCUT2D eigenvalue weighted by Crippen LogP contribution is 2.45. The van der Waals surface area contributed by atoms with E-state index in [9.17, 15) is 8.42 Å². The van der Waals surface area contributed by atoms with Gasteiger partial charge in [-0.2, -0.15) is 0 Å². The molecule has 10 heteroatoms. The lowest BCUT2D eigenvalue weighted by molar-refractivity contribution is 0.157. The summed E-state index contributed by atoms with van der Waals surface area (Å²) in [6, 6.07) is 11.0. The minimum Gasteiger partial charge on any atom is -0.413 e. The molecule has 8 nitrogen and oxygen atoms in total. The van der Waals surface area contributed by atoms with E-state index in [-0.39, 0.29) is 29.1 Å². The number of anilines is 1. The monoisotopic (exact) mass is 553 g/mol. The van der Waals surface area contributed by atoms with E-state index in [4.69, 9.17) is 9.56 Å². The van der Waals surface area contributed by atoms with Gasteiger partial charge in [-0.05, 0) is 61.0 Å². The second-order valence-electron chi connectivity index (χ2n) is 12.2. The van der Waals surface area contributed by atoms with Crippen LogP contribution >= 0.6 is 0 Å². The zero-order chi connectivity index (χ0) is 27.3. The second kappa shape index (κ2) is 9.89. The lowest BCUT2D eigenvalue weighted by atomic mass is 10.1. The number of primary sulfonamides is 1. The summed E-state index contributed by atoms with van der Waals surface area (Å²) in [7, 11) is -5.79. The SMILES string of the molecule is CC(C)(C)[Si](C)(C)O[C@H]1C[C@H](n2ccc3c(N[C@H]4CCc5ccccc54)ncnc32)CC1C=CS(N)(=O)=O. The van der Waals surface area contributed by atoms with Gasteiger partial charge in [0.05, 0.1) is 17.5 Å². The molecule has 0 saturated heterocycles. The first-order valence-corrected chi connectivity index (χ1v) is 17.9. The Morgan fingerprint density at radius 3 is 2.66 bits per heavy atom. The number of rotatable bonds is 7. The van der Waals surface area contributed by atoms with Crippen LogP contribution in [0, 0.1) is 5.92 Å². The summed E-state index contributed by atoms with van der Waals surface area (Å²) in [4.78, 5) is 9.26. The van der Waals surface area contributed by atoms with Crippen LogP contribution in [0.4, 0.5) is 5.82 Å². The van der Waals surface area contributed by atoms with Crippen molar-refractivity contribution in [3.8, 4) is 0 Å². The first-order chi connectivity index (χ1) is 17.8. The summed E-state index contributed by atoms with van der Waals surface area (Å²) in [6.07, 6.45) is 8.96. The van der Waals surface area contributed by atoms with Crippen molar-refractivity contribution < 1.29 is 12.8 Å². The van der Waals surface area contributed by atoms with Crippen LogP contribution in [-0.4, -0.2) is 37.4 Å². The molecule has 0 radical (unpaired) electrons. The van der Waals surface area contributed by atoms with Gasteiger partial charge in [0.25, 0.3) is 0 Å². The largest absolute Gasteiger partial charge is 0.413 e. The Morgan fingerprint density at radius 1 is 1.16 bits per heavy atom. The molecular weight excluding hydrogens is 514 g/mol. The molecule has 2 aliphatic rings. The average molecular weight is 554 g/mol. The Morgan fingerprint density at radius 2 is 1.92 bits per heavy atom. The predicted octanol–water partition coefficient (Wildman–Crippen LogP) is 5.67. The van der Waals surface area contributed by atoms with Gasteiger partial charge >= 0.3 is 0 Å². The van der Waals surface area contributed by atoms with E-state index in [2.05, 4.69) is 90.2 Å². The Labute approximate surface area is 226 Å². The molecule has 0 bridgehead atoms. The van der Waals surface area contributed by atoms with Crippen LogP contribution in [0.3, 0.4) is 0 Å². The topological polar surface area (TPSA) is 112 Å². The summed E-state index contributed by atoms with van der Waals surface area (Å²) in [6.45, 7) is 11.1. The number of aryl methyl sites for hydroxylation is 1. The smallest absolute Gasteiger partial charge is 0.230 e. The predicted molar refractivity (Wildman–Crippen MR) is 155 cm³/mol. The van der Waals surface area contributed by atoms with Gasteiger partial charge in [0, 0.05) is 23.6 Å². The van der Waals surface area contributed by atoms with Crippen molar-refractivity contribution in [3.63, 3.8) is 0 Å². The molecule has 2 heterocycles. The van der Waals surface area contributed by atoms with Crippen molar-refractivity contribution in [2.75, 3.05) is 5.32 Å². The number of nitrogens with one attached hydrogen (secondary N) is 1. The molecule has 0 aliphatic heterocycles. The van der Waals surface area contributed by atoms with Crippen LogP contribution in [0.25, 0.3) is 11.0 Å². The fourth-order valence-corrected chi connectivity index (χ4v) is 7.39. The molecule has 1 aromatic carbocycles. The van der Waals surface area contributed by atoms with Gasteiger partial charge < -0.3 is 14.3 Å². The molecule has 1 unspecified atom stereocenters. The first kappa shape index (κ1) is 27.0. The van der Waals surface area contributed by atoms with Crippen LogP contribution < -0.4 is 10.5 Å².